The minimum absolute atomic E-state index is 0.0324. The molecule has 2 bridgehead atoms. The number of alkyl halides is 1. The maximum Gasteiger partial charge on any atom is 0.338 e. The molecule has 0 aromatic heterocycles. The van der Waals surface area contributed by atoms with E-state index in [4.69, 9.17) is 18.9 Å². The molecule has 9 nitrogen and oxygen atoms in total. The lowest BCUT2D eigenvalue weighted by Crippen LogP contribution is -2.67. The lowest BCUT2D eigenvalue weighted by atomic mass is 9.87. The second-order valence-corrected chi connectivity index (χ2v) is 16.3. The number of carbonyl (C=O) groups is 3. The number of hydrogen-bond acceptors (Lipinski definition) is 10. The number of hydrogen-bond donors (Lipinski definition) is 1. The monoisotopic (exact) mass is 723 g/mol. The van der Waals surface area contributed by atoms with Crippen LogP contribution >= 0.6 is 11.8 Å². The zero-order valence-corrected chi connectivity index (χ0v) is 29.9. The molecular weight excluding hydrogens is 682 g/mol. The van der Waals surface area contributed by atoms with E-state index in [1.807, 2.05) is 27.7 Å². The number of rotatable bonds is 8. The van der Waals surface area contributed by atoms with Crippen LogP contribution in [0.2, 0.25) is 0 Å². The Kier molecular flexibility index (Phi) is 12.8. The van der Waals surface area contributed by atoms with Crippen LogP contribution in [0.3, 0.4) is 0 Å². The Morgan fingerprint density at radius 2 is 1.26 bits per heavy atom. The van der Waals surface area contributed by atoms with Gasteiger partial charge in [0.2, 0.25) is 0 Å². The van der Waals surface area contributed by atoms with Crippen LogP contribution in [0.25, 0.3) is 0 Å². The van der Waals surface area contributed by atoms with Crippen molar-refractivity contribution in [2.75, 3.05) is 5.75 Å². The molecule has 2 aliphatic rings. The Balaban J connectivity index is 1.65. The quantitative estimate of drug-likeness (QED) is 0.120. The predicted octanol–water partition coefficient (Wildman–Crippen LogP) is 6.48. The van der Waals surface area contributed by atoms with E-state index < -0.39 is 82.0 Å². The maximum atomic E-state index is 15.3. The topological polar surface area (TPSA) is 123 Å². The largest absolute Gasteiger partial charge is 0.598 e. The molecule has 1 unspecified atom stereocenters. The van der Waals surface area contributed by atoms with Crippen molar-refractivity contribution in [3.05, 3.63) is 120 Å². The average Bonchev–Trinajstić information content (AvgIpc) is 3.13. The third-order valence-corrected chi connectivity index (χ3v) is 11.1. The van der Waals surface area contributed by atoms with Crippen LogP contribution in [0, 0.1) is 5.92 Å². The molecule has 0 amide bonds. The Bertz CT molecular complexity index is 1610. The molecule has 266 valence electrons. The molecule has 0 saturated carbocycles. The molecule has 3 aromatic carbocycles. The van der Waals surface area contributed by atoms with Crippen molar-refractivity contribution in [2.24, 2.45) is 5.92 Å². The number of carbonyl (C=O) groups excluding carboxylic acids is 3. The van der Waals surface area contributed by atoms with Crippen molar-refractivity contribution in [1.82, 2.24) is 4.72 Å². The third-order valence-electron chi connectivity index (χ3n) is 8.28. The van der Waals surface area contributed by atoms with Crippen molar-refractivity contribution < 1.29 is 42.3 Å². The van der Waals surface area contributed by atoms with E-state index in [0.717, 1.165) is 11.8 Å². The standard InChI is InChI=1S/C38H42FNO8S2/c1-24-15-14-22-28(39)23-49-37-33(47-36(43)27-20-12-7-13-21-27)32(46-35(42)26-18-10-6-11-19-26)31(45-34(41)25-16-8-5-9-17-25)30(48-37)29(24)40-50(44)38(2,3)4/h5-21,24,28-33,37,40H,22-23H2,1-4H3/b15-14-/t24-,28-,29-,30-,31+,32+,33-,37-,50?/m1/s1. The van der Waals surface area contributed by atoms with Gasteiger partial charge in [-0.3, -0.25) is 0 Å². The fourth-order valence-corrected chi connectivity index (χ4v) is 7.64. The maximum absolute atomic E-state index is 15.3. The van der Waals surface area contributed by atoms with Crippen LogP contribution in [0.5, 0.6) is 0 Å². The summed E-state index contributed by atoms with van der Waals surface area (Å²) in [7, 11) is 0. The smallest absolute Gasteiger partial charge is 0.338 e. The van der Waals surface area contributed by atoms with Crippen LogP contribution in [-0.2, 0) is 30.3 Å². The molecule has 50 heavy (non-hydrogen) atoms. The second-order valence-electron chi connectivity index (χ2n) is 13.2. The Morgan fingerprint density at radius 3 is 1.74 bits per heavy atom. The number of ether oxygens (including phenoxy) is 4. The van der Waals surface area contributed by atoms with E-state index in [0.29, 0.717) is 0 Å². The molecule has 9 atom stereocenters. The summed E-state index contributed by atoms with van der Waals surface area (Å²) >= 11 is -0.571. The fourth-order valence-electron chi connectivity index (χ4n) is 5.55. The molecule has 3 aromatic rings. The first-order valence-corrected chi connectivity index (χ1v) is 18.7. The first-order valence-electron chi connectivity index (χ1n) is 16.5. The highest BCUT2D eigenvalue weighted by atomic mass is 32.2. The zero-order chi connectivity index (χ0) is 35.8. The highest BCUT2D eigenvalue weighted by Crippen LogP contribution is 2.39. The Morgan fingerprint density at radius 1 is 0.800 bits per heavy atom. The van der Waals surface area contributed by atoms with E-state index in [1.54, 1.807) is 103 Å². The van der Waals surface area contributed by atoms with Gasteiger partial charge in [0, 0.05) is 17.1 Å². The number of thioether (sulfide) groups is 1. The van der Waals surface area contributed by atoms with Crippen LogP contribution < -0.4 is 4.72 Å². The van der Waals surface area contributed by atoms with Crippen LogP contribution in [0.15, 0.2) is 103 Å². The summed E-state index contributed by atoms with van der Waals surface area (Å²) in [5.74, 6) is -2.71. The van der Waals surface area contributed by atoms with E-state index in [9.17, 15) is 18.9 Å². The minimum atomic E-state index is -1.64. The minimum Gasteiger partial charge on any atom is -0.598 e. The Labute approximate surface area is 299 Å². The molecule has 1 saturated heterocycles. The summed E-state index contributed by atoms with van der Waals surface area (Å²) < 4.78 is 56.6. The van der Waals surface area contributed by atoms with Crippen molar-refractivity contribution in [2.45, 2.75) is 80.9 Å². The van der Waals surface area contributed by atoms with Crippen molar-refractivity contribution in [3.8, 4) is 0 Å². The van der Waals surface area contributed by atoms with E-state index in [-0.39, 0.29) is 28.9 Å². The van der Waals surface area contributed by atoms with Gasteiger partial charge < -0.3 is 23.5 Å². The second kappa shape index (κ2) is 17.0. The van der Waals surface area contributed by atoms with Crippen molar-refractivity contribution in [3.63, 3.8) is 0 Å². The van der Waals surface area contributed by atoms with Gasteiger partial charge in [-0.2, -0.15) is 0 Å². The highest BCUT2D eigenvalue weighted by Gasteiger charge is 2.56. The molecular formula is C38H42FNO8S2. The summed E-state index contributed by atoms with van der Waals surface area (Å²) in [5.41, 5.74) is -0.419. The molecule has 2 aliphatic heterocycles. The van der Waals surface area contributed by atoms with Gasteiger partial charge in [-0.1, -0.05) is 73.7 Å². The van der Waals surface area contributed by atoms with E-state index >= 15 is 4.39 Å². The number of allylic oxidation sites excluding steroid dienone is 1. The van der Waals surface area contributed by atoms with Gasteiger partial charge >= 0.3 is 17.9 Å². The molecule has 12 heteroatoms. The van der Waals surface area contributed by atoms with Gasteiger partial charge in [-0.15, -0.1) is 16.5 Å². The molecule has 0 radical (unpaired) electrons. The number of halogens is 1. The van der Waals surface area contributed by atoms with E-state index in [2.05, 4.69) is 4.72 Å². The number of benzene rings is 3. The van der Waals surface area contributed by atoms with Gasteiger partial charge in [0.15, 0.2) is 18.3 Å². The summed E-state index contributed by atoms with van der Waals surface area (Å²) in [6.07, 6.45) is -2.90. The van der Waals surface area contributed by atoms with Gasteiger partial charge in [-0.25, -0.2) is 18.8 Å². The molecule has 0 aliphatic carbocycles. The van der Waals surface area contributed by atoms with Gasteiger partial charge in [0.25, 0.3) is 0 Å². The highest BCUT2D eigenvalue weighted by molar-refractivity contribution is 7.99. The van der Waals surface area contributed by atoms with Crippen LogP contribution in [0.1, 0.15) is 65.2 Å². The number of fused-ring (bicyclic) bond motifs is 2. The molecule has 0 spiro atoms. The molecule has 2 heterocycles. The Hall–Kier alpha value is -3.68. The van der Waals surface area contributed by atoms with Crippen molar-refractivity contribution >= 4 is 41.0 Å². The normalized spacial score (nSPS) is 28.3. The molecule has 5 rings (SSSR count). The predicted molar refractivity (Wildman–Crippen MR) is 191 cm³/mol. The molecule has 1 N–H and O–H groups in total. The third kappa shape index (κ3) is 9.55. The van der Waals surface area contributed by atoms with Crippen LogP contribution in [0.4, 0.5) is 4.39 Å². The zero-order valence-electron chi connectivity index (χ0n) is 28.3. The first kappa shape index (κ1) is 37.6. The fraction of sp³-hybridized carbons (Fsp3) is 0.395. The van der Waals surface area contributed by atoms with Gasteiger partial charge in [0.1, 0.15) is 22.5 Å². The number of nitrogens with one attached hydrogen (secondary N) is 1. The summed E-state index contributed by atoms with van der Waals surface area (Å²) in [4.78, 5) is 41.2. The average molecular weight is 724 g/mol. The lowest BCUT2D eigenvalue weighted by Gasteiger charge is -2.47. The lowest BCUT2D eigenvalue weighted by molar-refractivity contribution is -0.207. The van der Waals surface area contributed by atoms with Gasteiger partial charge in [0.05, 0.1) is 22.7 Å². The SMILES string of the molecule is C[C@@H]1/C=C\C[C@@H](F)CS[C@H]2O[C@H]([C@@H]1N[S+]([O-])C(C)(C)C)[C@H](OC(=O)c1ccccc1)[C@H](OC(=O)c1ccccc1)[C@H]2OC(=O)c1ccccc1. The molecule has 1 fully saturated rings. The van der Waals surface area contributed by atoms with Crippen LogP contribution in [-0.4, -0.2) is 75.0 Å². The summed E-state index contributed by atoms with van der Waals surface area (Å²) in [6, 6.07) is 24.0. The van der Waals surface area contributed by atoms with Crippen molar-refractivity contribution in [1.29, 1.82) is 0 Å². The summed E-state index contributed by atoms with van der Waals surface area (Å²) in [5, 5.41) is 0. The first-order chi connectivity index (χ1) is 23.9. The summed E-state index contributed by atoms with van der Waals surface area (Å²) in [6.45, 7) is 7.29. The number of esters is 3. The van der Waals surface area contributed by atoms with E-state index in [1.165, 1.54) is 0 Å². The van der Waals surface area contributed by atoms with Gasteiger partial charge in [-0.05, 0) is 69.5 Å².